The van der Waals surface area contributed by atoms with Crippen molar-refractivity contribution in [3.05, 3.63) is 79.9 Å². The van der Waals surface area contributed by atoms with Crippen molar-refractivity contribution in [1.29, 1.82) is 0 Å². The number of benzene rings is 2. The molecule has 0 saturated carbocycles. The van der Waals surface area contributed by atoms with Crippen LogP contribution in [-0.4, -0.2) is 5.43 Å². The van der Waals surface area contributed by atoms with E-state index in [-0.39, 0.29) is 30.2 Å². The summed E-state index contributed by atoms with van der Waals surface area (Å²) >= 11 is -1.98. The standard InChI is InChI=1S/2C15H19.C2H6Si.2ClH.Zr/c2*1-10(2)7-13-6-5-12(4)14-8-11(3)9-15(13)14;1-3-2;;;/h2*5-6,8-10H,7H2,1-4H3;1-2H3;2*1H;/q;;;;;+2/p-2. The van der Waals surface area contributed by atoms with E-state index >= 15 is 0 Å². The van der Waals surface area contributed by atoms with Gasteiger partial charge in [-0.05, 0) is 0 Å². The minimum absolute atomic E-state index is 0. The number of halogens is 2. The second-order valence-electron chi connectivity index (χ2n) is 12.0. The van der Waals surface area contributed by atoms with Gasteiger partial charge in [-0.3, -0.25) is 0 Å². The van der Waals surface area contributed by atoms with E-state index in [0.717, 1.165) is 7.25 Å². The zero-order chi connectivity index (χ0) is 24.9. The Morgan fingerprint density at radius 3 is 1.33 bits per heavy atom. The normalized spacial score (nSPS) is 17.5. The smallest absolute Gasteiger partial charge is 1.00 e. The van der Waals surface area contributed by atoms with Gasteiger partial charge in [0.1, 0.15) is 0 Å². The minimum Gasteiger partial charge on any atom is -1.00 e. The molecule has 0 saturated heterocycles. The van der Waals surface area contributed by atoms with E-state index < -0.39 is 20.4 Å². The van der Waals surface area contributed by atoms with Gasteiger partial charge < -0.3 is 24.8 Å². The van der Waals surface area contributed by atoms with Crippen LogP contribution in [0.1, 0.15) is 93.3 Å². The molecule has 4 rings (SSSR count). The van der Waals surface area contributed by atoms with Crippen LogP contribution in [0.4, 0.5) is 0 Å². The molecule has 2 aliphatic rings. The van der Waals surface area contributed by atoms with Gasteiger partial charge in [-0.2, -0.15) is 0 Å². The van der Waals surface area contributed by atoms with E-state index in [4.69, 9.17) is 0 Å². The number of allylic oxidation sites excluding steroid dienone is 2. The summed E-state index contributed by atoms with van der Waals surface area (Å²) in [6.45, 7) is 24.4. The monoisotopic (exact) mass is 616 g/mol. The molecular weight excluding hydrogens is 575 g/mol. The Bertz CT molecular complexity index is 1140. The van der Waals surface area contributed by atoms with Crippen LogP contribution in [-0.2, 0) is 33.2 Å². The van der Waals surface area contributed by atoms with E-state index in [1.165, 1.54) is 24.0 Å². The molecule has 0 nitrogen and oxygen atoms in total. The fraction of sp³-hybridized carbons (Fsp3) is 0.500. The van der Waals surface area contributed by atoms with Gasteiger partial charge in [0.2, 0.25) is 0 Å². The SMILES string of the molecule is CC1=Cc2c(CC(C)C)ccc(C)c2[CH]1[Zr+2]([CH]1C(C)=Cc2c(CC(C)C)ccc(C)c21)=[Si](C)C.[Cl-].[Cl-]. The maximum Gasteiger partial charge on any atom is -1.00 e. The molecule has 2 unspecified atom stereocenters. The Hall–Kier alpha value is -0.400. The zero-order valence-electron chi connectivity index (χ0n) is 23.9. The number of aryl methyl sites for hydroxylation is 2. The predicted molar refractivity (Wildman–Crippen MR) is 150 cm³/mol. The van der Waals surface area contributed by atoms with Crippen molar-refractivity contribution in [2.75, 3.05) is 0 Å². The average molecular weight is 619 g/mol. The molecule has 0 aliphatic heterocycles. The van der Waals surface area contributed by atoms with Crippen LogP contribution in [0.3, 0.4) is 0 Å². The largest absolute Gasteiger partial charge is 1.00 e. The second kappa shape index (κ2) is 12.6. The van der Waals surface area contributed by atoms with Gasteiger partial charge >= 0.3 is 218 Å². The van der Waals surface area contributed by atoms with E-state index in [1.54, 1.807) is 44.5 Å². The fourth-order valence-electron chi connectivity index (χ4n) is 6.55. The summed E-state index contributed by atoms with van der Waals surface area (Å²) in [5, 5.41) is 0. The summed E-state index contributed by atoms with van der Waals surface area (Å²) in [4.78, 5) is 0. The van der Waals surface area contributed by atoms with Crippen LogP contribution in [0.2, 0.25) is 13.1 Å². The third-order valence-corrected chi connectivity index (χ3v) is 27.7. The maximum atomic E-state index is 2.65. The second-order valence-corrected chi connectivity index (χ2v) is 29.9. The molecule has 0 heterocycles. The van der Waals surface area contributed by atoms with Crippen LogP contribution in [0.25, 0.3) is 12.2 Å². The molecule has 4 heteroatoms. The molecule has 194 valence electrons. The molecule has 0 radical (unpaired) electrons. The van der Waals surface area contributed by atoms with Gasteiger partial charge in [0, 0.05) is 0 Å². The third-order valence-electron chi connectivity index (χ3n) is 7.88. The summed E-state index contributed by atoms with van der Waals surface area (Å²) in [5.41, 5.74) is 15.9. The first-order valence-corrected chi connectivity index (χ1v) is 22.3. The summed E-state index contributed by atoms with van der Waals surface area (Å²) in [6.07, 6.45) is 7.59. The maximum absolute atomic E-state index is 2.65. The molecule has 0 amide bonds. The molecular formula is C32H44Cl2SiZr. The summed E-state index contributed by atoms with van der Waals surface area (Å²) in [6, 6.07) is 9.72. The molecule has 0 N–H and O–H groups in total. The van der Waals surface area contributed by atoms with Gasteiger partial charge in [-0.25, -0.2) is 0 Å². The summed E-state index contributed by atoms with van der Waals surface area (Å²) < 4.78 is 1.47. The van der Waals surface area contributed by atoms with E-state index in [9.17, 15) is 0 Å². The Kier molecular flexibility index (Phi) is 11.2. The van der Waals surface area contributed by atoms with Crippen LogP contribution in [0.15, 0.2) is 35.4 Å². The van der Waals surface area contributed by atoms with Crippen LogP contribution in [0.5, 0.6) is 0 Å². The van der Waals surface area contributed by atoms with Gasteiger partial charge in [0.25, 0.3) is 0 Å². The van der Waals surface area contributed by atoms with E-state index in [0.29, 0.717) is 11.8 Å². The number of fused-ring (bicyclic) bond motifs is 2. The Morgan fingerprint density at radius 2 is 1.03 bits per heavy atom. The Morgan fingerprint density at radius 1 is 0.667 bits per heavy atom. The average Bonchev–Trinajstić information content (AvgIpc) is 3.25. The van der Waals surface area contributed by atoms with Gasteiger partial charge in [0.05, 0.1) is 0 Å². The number of hydrogen-bond donors (Lipinski definition) is 0. The third kappa shape index (κ3) is 5.93. The van der Waals surface area contributed by atoms with Crippen molar-refractivity contribution in [3.63, 3.8) is 0 Å². The molecule has 0 aromatic heterocycles. The molecule has 2 atom stereocenters. The van der Waals surface area contributed by atoms with E-state index in [1.807, 2.05) is 0 Å². The summed E-state index contributed by atoms with van der Waals surface area (Å²) in [5.74, 6) is 1.40. The van der Waals surface area contributed by atoms with Crippen molar-refractivity contribution in [3.8, 4) is 0 Å². The molecule has 2 aromatic carbocycles. The van der Waals surface area contributed by atoms with Crippen molar-refractivity contribution in [2.45, 2.75) is 88.6 Å². The van der Waals surface area contributed by atoms with Crippen LogP contribution < -0.4 is 24.8 Å². The molecule has 2 aliphatic carbocycles. The number of rotatable bonds is 6. The van der Waals surface area contributed by atoms with Crippen molar-refractivity contribution in [1.82, 2.24) is 0 Å². The van der Waals surface area contributed by atoms with Gasteiger partial charge in [-0.15, -0.1) is 0 Å². The van der Waals surface area contributed by atoms with Crippen LogP contribution in [0, 0.1) is 25.7 Å². The number of hydrogen-bond acceptors (Lipinski definition) is 0. The molecule has 0 bridgehead atoms. The predicted octanol–water partition coefficient (Wildman–Crippen LogP) is 3.19. The topological polar surface area (TPSA) is 0 Å². The quantitative estimate of drug-likeness (QED) is 0.437. The molecule has 0 spiro atoms. The van der Waals surface area contributed by atoms with E-state index in [2.05, 4.69) is 105 Å². The van der Waals surface area contributed by atoms with Crippen molar-refractivity contribution < 1.29 is 45.2 Å². The van der Waals surface area contributed by atoms with Gasteiger partial charge in [0.15, 0.2) is 0 Å². The Labute approximate surface area is 241 Å². The first-order chi connectivity index (χ1) is 16.0. The zero-order valence-corrected chi connectivity index (χ0v) is 28.9. The van der Waals surface area contributed by atoms with Crippen molar-refractivity contribution >= 4 is 17.6 Å². The van der Waals surface area contributed by atoms with Crippen LogP contribution >= 0.6 is 0 Å². The van der Waals surface area contributed by atoms with Gasteiger partial charge in [-0.1, -0.05) is 0 Å². The van der Waals surface area contributed by atoms with Crippen molar-refractivity contribution in [2.24, 2.45) is 11.8 Å². The Balaban J connectivity index is 0.00000228. The first-order valence-electron chi connectivity index (χ1n) is 13.3. The molecule has 2 aromatic rings. The molecule has 36 heavy (non-hydrogen) atoms. The molecule has 0 fully saturated rings. The fourth-order valence-corrected chi connectivity index (χ4v) is 27.7. The minimum atomic E-state index is -1.98. The first kappa shape index (κ1) is 31.8. The summed E-state index contributed by atoms with van der Waals surface area (Å²) in [7, 11) is 0.